The number of hydrogen-bond acceptors (Lipinski definition) is 6. The second-order valence-corrected chi connectivity index (χ2v) is 13.8. The fourth-order valence-corrected chi connectivity index (χ4v) is 8.36. The summed E-state index contributed by atoms with van der Waals surface area (Å²) in [6.45, 7) is 1.49. The van der Waals surface area contributed by atoms with E-state index in [1.165, 1.54) is 55.6 Å². The minimum absolute atomic E-state index is 0.0982. The number of nitrogens with zero attached hydrogens (tertiary/aromatic N) is 1. The van der Waals surface area contributed by atoms with Gasteiger partial charge in [0.2, 0.25) is 15.9 Å². The number of carbonyl (C=O) groups excluding carboxylic acids is 2. The molecule has 5 rings (SSSR count). The van der Waals surface area contributed by atoms with Gasteiger partial charge in [-0.3, -0.25) is 4.79 Å². The smallest absolute Gasteiger partial charge is 0.407 e. The van der Waals surface area contributed by atoms with Gasteiger partial charge in [-0.05, 0) is 79.1 Å². The highest BCUT2D eigenvalue weighted by molar-refractivity contribution is 7.89. The third-order valence-corrected chi connectivity index (χ3v) is 11.0. The van der Waals surface area contributed by atoms with Crippen LogP contribution in [0.1, 0.15) is 49.1 Å². The number of halogens is 2. The highest BCUT2D eigenvalue weighted by atomic mass is 32.2. The van der Waals surface area contributed by atoms with Crippen molar-refractivity contribution in [2.24, 2.45) is 5.92 Å². The van der Waals surface area contributed by atoms with Crippen molar-refractivity contribution in [3.05, 3.63) is 102 Å². The first-order chi connectivity index (χ1) is 22.2. The van der Waals surface area contributed by atoms with E-state index in [2.05, 4.69) is 16.0 Å². The normalized spacial score (nSPS) is 21.1. The third kappa shape index (κ3) is 7.91. The molecule has 3 N–H and O–H groups in total. The van der Waals surface area contributed by atoms with E-state index in [1.807, 2.05) is 0 Å². The van der Waals surface area contributed by atoms with Crippen LogP contribution in [-0.4, -0.2) is 69.6 Å². The Hall–Kier alpha value is -3.87. The number of alkyl carbamates (subject to hydrolysis) is 1. The summed E-state index contributed by atoms with van der Waals surface area (Å²) in [5.74, 6) is -2.04. The Bertz CT molecular complexity index is 1530. The van der Waals surface area contributed by atoms with Gasteiger partial charge < -0.3 is 20.7 Å². The SMILES string of the molecule is COC(=O)N[C@H](C(=O)N[C@H]1CCC[C@@H]1CC[C@H]1CNCCN1S(=O)(=O)c1ccccc1)C(c1ccc(F)cc1)c1ccc(F)cc1. The number of hydrogen-bond donors (Lipinski definition) is 3. The molecule has 0 aromatic heterocycles. The fourth-order valence-electron chi connectivity index (χ4n) is 6.69. The topological polar surface area (TPSA) is 117 Å². The van der Waals surface area contributed by atoms with E-state index in [1.54, 1.807) is 34.6 Å². The van der Waals surface area contributed by atoms with E-state index in [9.17, 15) is 26.8 Å². The summed E-state index contributed by atoms with van der Waals surface area (Å²) >= 11 is 0. The van der Waals surface area contributed by atoms with Crippen LogP contribution in [0.15, 0.2) is 83.8 Å². The lowest BCUT2D eigenvalue weighted by Crippen LogP contribution is -2.54. The lowest BCUT2D eigenvalue weighted by Gasteiger charge is -2.36. The van der Waals surface area contributed by atoms with Gasteiger partial charge in [-0.1, -0.05) is 48.9 Å². The van der Waals surface area contributed by atoms with Crippen LogP contribution in [0.25, 0.3) is 0 Å². The maximum atomic E-state index is 14.0. The molecule has 46 heavy (non-hydrogen) atoms. The van der Waals surface area contributed by atoms with Gasteiger partial charge >= 0.3 is 6.09 Å². The maximum Gasteiger partial charge on any atom is 0.407 e. The Morgan fingerprint density at radius 3 is 2.17 bits per heavy atom. The number of piperazine rings is 1. The molecule has 12 heteroatoms. The molecule has 2 fully saturated rings. The Morgan fingerprint density at radius 1 is 0.935 bits per heavy atom. The molecule has 1 saturated carbocycles. The van der Waals surface area contributed by atoms with Crippen LogP contribution in [0, 0.1) is 17.6 Å². The van der Waals surface area contributed by atoms with E-state index in [0.29, 0.717) is 43.6 Å². The number of amides is 2. The van der Waals surface area contributed by atoms with Crippen molar-refractivity contribution in [2.45, 2.75) is 61.0 Å². The van der Waals surface area contributed by atoms with Crippen LogP contribution in [0.5, 0.6) is 0 Å². The fraction of sp³-hybridized carbons (Fsp3) is 0.412. The number of rotatable bonds is 11. The molecule has 246 valence electrons. The Labute approximate surface area is 268 Å². The third-order valence-electron chi connectivity index (χ3n) is 9.04. The maximum absolute atomic E-state index is 14.0. The summed E-state index contributed by atoms with van der Waals surface area (Å²) in [5, 5.41) is 9.13. The van der Waals surface area contributed by atoms with Crippen molar-refractivity contribution in [2.75, 3.05) is 26.7 Å². The van der Waals surface area contributed by atoms with Crippen LogP contribution < -0.4 is 16.0 Å². The zero-order valence-electron chi connectivity index (χ0n) is 25.7. The van der Waals surface area contributed by atoms with Crippen molar-refractivity contribution in [1.82, 2.24) is 20.3 Å². The average Bonchev–Trinajstić information content (AvgIpc) is 3.52. The van der Waals surface area contributed by atoms with Gasteiger partial charge in [-0.2, -0.15) is 4.31 Å². The summed E-state index contributed by atoms with van der Waals surface area (Å²) < 4.78 is 61.1. The van der Waals surface area contributed by atoms with Gasteiger partial charge in [0.1, 0.15) is 17.7 Å². The Balaban J connectivity index is 1.33. The molecule has 1 aliphatic carbocycles. The van der Waals surface area contributed by atoms with Gasteiger partial charge in [-0.25, -0.2) is 22.0 Å². The first-order valence-corrected chi connectivity index (χ1v) is 17.0. The highest BCUT2D eigenvalue weighted by Crippen LogP contribution is 2.34. The number of sulfonamides is 1. The molecule has 2 amide bonds. The molecular weight excluding hydrogens is 614 g/mol. The predicted octanol–water partition coefficient (Wildman–Crippen LogP) is 4.55. The minimum atomic E-state index is -3.66. The van der Waals surface area contributed by atoms with E-state index in [4.69, 9.17) is 4.74 Å². The Morgan fingerprint density at radius 2 is 1.57 bits per heavy atom. The molecule has 0 bridgehead atoms. The molecule has 2 aliphatic rings. The molecular formula is C34H40F2N4O5S. The molecule has 0 spiro atoms. The zero-order valence-corrected chi connectivity index (χ0v) is 26.5. The summed E-state index contributed by atoms with van der Waals surface area (Å²) in [4.78, 5) is 26.8. The lowest BCUT2D eigenvalue weighted by atomic mass is 9.84. The van der Waals surface area contributed by atoms with E-state index in [-0.39, 0.29) is 22.9 Å². The molecule has 9 nitrogen and oxygen atoms in total. The van der Waals surface area contributed by atoms with E-state index < -0.39 is 45.6 Å². The van der Waals surface area contributed by atoms with Gasteiger partial charge in [-0.15, -0.1) is 0 Å². The highest BCUT2D eigenvalue weighted by Gasteiger charge is 2.38. The Kier molecular flexibility index (Phi) is 11.0. The lowest BCUT2D eigenvalue weighted by molar-refractivity contribution is -0.124. The second-order valence-electron chi connectivity index (χ2n) is 11.9. The summed E-state index contributed by atoms with van der Waals surface area (Å²) in [6, 6.07) is 18.1. The average molecular weight is 655 g/mol. The number of ether oxygens (including phenoxy) is 1. The van der Waals surface area contributed by atoms with Crippen LogP contribution >= 0.6 is 0 Å². The number of nitrogens with one attached hydrogen (secondary N) is 3. The monoisotopic (exact) mass is 654 g/mol. The van der Waals surface area contributed by atoms with Crippen molar-refractivity contribution in [1.29, 1.82) is 0 Å². The van der Waals surface area contributed by atoms with Crippen LogP contribution in [0.3, 0.4) is 0 Å². The molecule has 0 unspecified atom stereocenters. The van der Waals surface area contributed by atoms with Gasteiger partial charge in [0.05, 0.1) is 12.0 Å². The molecule has 1 aliphatic heterocycles. The quantitative estimate of drug-likeness (QED) is 0.280. The summed E-state index contributed by atoms with van der Waals surface area (Å²) in [6.07, 6.45) is 2.99. The number of benzene rings is 3. The first-order valence-electron chi connectivity index (χ1n) is 15.6. The molecule has 3 aromatic carbocycles. The van der Waals surface area contributed by atoms with Crippen molar-refractivity contribution >= 4 is 22.0 Å². The zero-order chi connectivity index (χ0) is 32.7. The second kappa shape index (κ2) is 15.1. The standard InChI is InChI=1S/C34H40F2N4O5S/c1-45-34(42)39-32(31(24-10-15-26(35)16-11-24)25-12-17-27(36)18-13-25)33(41)38-30-9-5-6-23(30)14-19-28-22-37-20-21-40(28)46(43,44)29-7-3-2-4-8-29/h2-4,7-8,10-13,15-18,23,28,30-32,37H,5-6,9,14,19-22H2,1H3,(H,38,41)(H,39,42)/t23-,28+,30+,32+/m1/s1. The molecule has 1 saturated heterocycles. The van der Waals surface area contributed by atoms with E-state index in [0.717, 1.165) is 19.3 Å². The van der Waals surface area contributed by atoms with Crippen LogP contribution in [0.2, 0.25) is 0 Å². The molecule has 3 aromatic rings. The van der Waals surface area contributed by atoms with Crippen molar-refractivity contribution in [3.63, 3.8) is 0 Å². The van der Waals surface area contributed by atoms with Gasteiger partial charge in [0, 0.05) is 37.6 Å². The summed E-state index contributed by atoms with van der Waals surface area (Å²) in [5.41, 5.74) is 1.11. The number of carbonyl (C=O) groups is 2. The number of methoxy groups -OCH3 is 1. The minimum Gasteiger partial charge on any atom is -0.453 e. The van der Waals surface area contributed by atoms with Gasteiger partial charge in [0.25, 0.3) is 0 Å². The van der Waals surface area contributed by atoms with Crippen LogP contribution in [0.4, 0.5) is 13.6 Å². The largest absolute Gasteiger partial charge is 0.453 e. The van der Waals surface area contributed by atoms with Crippen molar-refractivity contribution in [3.8, 4) is 0 Å². The van der Waals surface area contributed by atoms with E-state index >= 15 is 0 Å². The molecule has 0 radical (unpaired) electrons. The molecule has 4 atom stereocenters. The summed E-state index contributed by atoms with van der Waals surface area (Å²) in [7, 11) is -2.46. The first kappa shape index (κ1) is 33.5. The van der Waals surface area contributed by atoms with Gasteiger partial charge in [0.15, 0.2) is 0 Å². The predicted molar refractivity (Wildman–Crippen MR) is 169 cm³/mol. The van der Waals surface area contributed by atoms with Crippen molar-refractivity contribution < 1.29 is 31.5 Å². The van der Waals surface area contributed by atoms with Crippen LogP contribution in [-0.2, 0) is 19.6 Å². The molecule has 1 heterocycles.